The summed E-state index contributed by atoms with van der Waals surface area (Å²) in [4.78, 5) is 24.4. The zero-order chi connectivity index (χ0) is 25.0. The molecule has 0 fully saturated rings. The van der Waals surface area contributed by atoms with Gasteiger partial charge in [-0.2, -0.15) is 0 Å². The largest absolute Gasteiger partial charge is 0.493 e. The van der Waals surface area contributed by atoms with Gasteiger partial charge < -0.3 is 19.2 Å². The van der Waals surface area contributed by atoms with Crippen LogP contribution in [0.5, 0.6) is 5.75 Å². The molecule has 0 aromatic heterocycles. The number of methoxy groups -OCH3 is 1. The second kappa shape index (κ2) is 14.0. The molecular formula is C27H38ClNO4. The number of carbonyl (C=O) groups is 2. The van der Waals surface area contributed by atoms with E-state index in [2.05, 4.69) is 26.8 Å². The van der Waals surface area contributed by atoms with Crippen LogP contribution in [0.3, 0.4) is 0 Å². The molecule has 6 heteroatoms. The van der Waals surface area contributed by atoms with Gasteiger partial charge in [0, 0.05) is 11.8 Å². The average Bonchev–Trinajstić information content (AvgIpc) is 2.79. The van der Waals surface area contributed by atoms with Crippen LogP contribution in [0.1, 0.15) is 66.6 Å². The number of halogens is 1. The first-order valence-electron chi connectivity index (χ1n) is 11.3. The summed E-state index contributed by atoms with van der Waals surface area (Å²) in [5.74, 6) is 0.388. The molecule has 0 aliphatic rings. The summed E-state index contributed by atoms with van der Waals surface area (Å²) in [6.07, 6.45) is 3.84. The number of carbonyl (C=O) groups excluding carboxylic acids is 2. The number of aldehydes is 1. The highest BCUT2D eigenvalue weighted by Crippen LogP contribution is 2.43. The van der Waals surface area contributed by atoms with Crippen LogP contribution in [0.2, 0.25) is 5.02 Å². The van der Waals surface area contributed by atoms with Crippen LogP contribution in [-0.2, 0) is 14.9 Å². The molecule has 0 heterocycles. The zero-order valence-corrected chi connectivity index (χ0v) is 21.8. The quantitative estimate of drug-likeness (QED) is 0.237. The van der Waals surface area contributed by atoms with E-state index >= 15 is 0 Å². The first-order valence-corrected chi connectivity index (χ1v) is 11.7. The van der Waals surface area contributed by atoms with Gasteiger partial charge in [0.1, 0.15) is 12.0 Å². The lowest BCUT2D eigenvalue weighted by Gasteiger charge is -2.35. The van der Waals surface area contributed by atoms with E-state index in [1.807, 2.05) is 50.3 Å². The summed E-state index contributed by atoms with van der Waals surface area (Å²) < 4.78 is 10.8. The Hall–Kier alpha value is -2.37. The molecule has 2 aromatic carbocycles. The van der Waals surface area contributed by atoms with Gasteiger partial charge in [0.05, 0.1) is 24.3 Å². The molecule has 0 aliphatic carbocycles. The maximum absolute atomic E-state index is 11.9. The Kier molecular flexibility index (Phi) is 12.2. The number of benzene rings is 2. The lowest BCUT2D eigenvalue weighted by atomic mass is 9.69. The van der Waals surface area contributed by atoms with Crippen molar-refractivity contribution in [2.75, 3.05) is 34.9 Å². The van der Waals surface area contributed by atoms with Gasteiger partial charge >= 0.3 is 5.97 Å². The Morgan fingerprint density at radius 2 is 1.76 bits per heavy atom. The Bertz CT molecular complexity index is 904. The van der Waals surface area contributed by atoms with E-state index < -0.39 is 5.97 Å². The number of hydrogen-bond acceptors (Lipinski definition) is 5. The molecular weight excluding hydrogens is 438 g/mol. The molecule has 0 amide bonds. The Morgan fingerprint density at radius 1 is 1.12 bits per heavy atom. The van der Waals surface area contributed by atoms with Crippen molar-refractivity contribution < 1.29 is 19.1 Å². The van der Waals surface area contributed by atoms with Crippen molar-refractivity contribution in [1.82, 2.24) is 4.90 Å². The monoisotopic (exact) mass is 475 g/mol. The third kappa shape index (κ3) is 7.58. The predicted octanol–water partition coefficient (Wildman–Crippen LogP) is 6.08. The standard InChI is InChI=1S/C24H29ClO4.C3H9N/c1-5-24(6-2,18-12-13-19(21(25)16-18)23(27)28-4)20-10-9-11-22(17(20)3)29-15-8-7-14-26;1-4(2)3/h9-14,16H,5-8,15H2,1-4H3;1-3H3. The number of rotatable bonds is 10. The van der Waals surface area contributed by atoms with Crippen LogP contribution in [0.4, 0.5) is 0 Å². The lowest BCUT2D eigenvalue weighted by molar-refractivity contribution is -0.108. The Balaban J connectivity index is 0.00000125. The van der Waals surface area contributed by atoms with Gasteiger partial charge in [-0.1, -0.05) is 43.6 Å². The van der Waals surface area contributed by atoms with Gasteiger partial charge in [-0.25, -0.2) is 4.79 Å². The number of unbranched alkanes of at least 4 members (excludes halogenated alkanes) is 1. The second-order valence-electron chi connectivity index (χ2n) is 8.40. The number of hydrogen-bond donors (Lipinski definition) is 0. The van der Waals surface area contributed by atoms with Gasteiger partial charge in [0.15, 0.2) is 0 Å². The van der Waals surface area contributed by atoms with Crippen molar-refractivity contribution in [2.45, 2.75) is 51.9 Å². The minimum atomic E-state index is -0.443. The Labute approximate surface area is 204 Å². The maximum atomic E-state index is 11.9. The first-order chi connectivity index (χ1) is 15.7. The van der Waals surface area contributed by atoms with E-state index in [9.17, 15) is 9.59 Å². The van der Waals surface area contributed by atoms with E-state index in [-0.39, 0.29) is 5.41 Å². The molecule has 0 saturated carbocycles. The highest BCUT2D eigenvalue weighted by atomic mass is 35.5. The van der Waals surface area contributed by atoms with E-state index in [1.165, 1.54) is 12.7 Å². The molecule has 0 spiro atoms. The van der Waals surface area contributed by atoms with Gasteiger partial charge in [-0.15, -0.1) is 0 Å². The summed E-state index contributed by atoms with van der Waals surface area (Å²) >= 11 is 6.43. The van der Waals surface area contributed by atoms with E-state index in [4.69, 9.17) is 21.1 Å². The van der Waals surface area contributed by atoms with Crippen molar-refractivity contribution in [3.63, 3.8) is 0 Å². The van der Waals surface area contributed by atoms with Crippen molar-refractivity contribution >= 4 is 23.9 Å². The second-order valence-corrected chi connectivity index (χ2v) is 8.81. The normalized spacial score (nSPS) is 10.9. The molecule has 0 radical (unpaired) electrons. The summed E-state index contributed by atoms with van der Waals surface area (Å²) in [5, 5.41) is 0.388. The minimum absolute atomic E-state index is 0.259. The van der Waals surface area contributed by atoms with Crippen molar-refractivity contribution in [1.29, 1.82) is 0 Å². The van der Waals surface area contributed by atoms with Crippen molar-refractivity contribution in [3.05, 3.63) is 63.7 Å². The van der Waals surface area contributed by atoms with Crippen LogP contribution in [0.15, 0.2) is 36.4 Å². The SMILES string of the molecule is CCC(CC)(c1ccc(C(=O)OC)c(Cl)c1)c1cccc(OCCCC=O)c1C.CN(C)C. The molecule has 0 aliphatic heterocycles. The van der Waals surface area contributed by atoms with Gasteiger partial charge in [0.25, 0.3) is 0 Å². The summed E-state index contributed by atoms with van der Waals surface area (Å²) in [5.41, 5.74) is 3.42. The third-order valence-electron chi connectivity index (χ3n) is 5.66. The fraction of sp³-hybridized carbons (Fsp3) is 0.481. The predicted molar refractivity (Wildman–Crippen MR) is 136 cm³/mol. The van der Waals surface area contributed by atoms with Crippen LogP contribution < -0.4 is 4.74 Å². The molecule has 0 N–H and O–H groups in total. The molecule has 2 rings (SSSR count). The van der Waals surface area contributed by atoms with Gasteiger partial charge in [-0.05, 0) is 82.2 Å². The molecule has 33 heavy (non-hydrogen) atoms. The third-order valence-corrected chi connectivity index (χ3v) is 5.97. The van der Waals surface area contributed by atoms with Crippen LogP contribution >= 0.6 is 11.6 Å². The van der Waals surface area contributed by atoms with Gasteiger partial charge in [-0.3, -0.25) is 0 Å². The van der Waals surface area contributed by atoms with Crippen LogP contribution in [-0.4, -0.2) is 52.0 Å². The van der Waals surface area contributed by atoms with E-state index in [1.54, 1.807) is 6.07 Å². The molecule has 0 unspecified atom stereocenters. The van der Waals surface area contributed by atoms with Crippen molar-refractivity contribution in [3.8, 4) is 5.75 Å². The number of nitrogens with zero attached hydrogens (tertiary/aromatic N) is 1. The lowest BCUT2D eigenvalue weighted by Crippen LogP contribution is -2.27. The topological polar surface area (TPSA) is 55.8 Å². The minimum Gasteiger partial charge on any atom is -0.493 e. The fourth-order valence-electron chi connectivity index (χ4n) is 3.92. The molecule has 182 valence electrons. The average molecular weight is 476 g/mol. The summed E-state index contributed by atoms with van der Waals surface area (Å²) in [6, 6.07) is 11.7. The van der Waals surface area contributed by atoms with Crippen LogP contribution in [0, 0.1) is 6.92 Å². The molecule has 0 atom stereocenters. The zero-order valence-electron chi connectivity index (χ0n) is 21.0. The highest BCUT2D eigenvalue weighted by molar-refractivity contribution is 6.33. The van der Waals surface area contributed by atoms with Crippen LogP contribution in [0.25, 0.3) is 0 Å². The molecule has 2 aromatic rings. The number of esters is 1. The maximum Gasteiger partial charge on any atom is 0.339 e. The van der Waals surface area contributed by atoms with E-state index in [0.29, 0.717) is 30.0 Å². The van der Waals surface area contributed by atoms with Crippen molar-refractivity contribution in [2.24, 2.45) is 0 Å². The molecule has 0 bridgehead atoms. The highest BCUT2D eigenvalue weighted by Gasteiger charge is 2.33. The fourth-order valence-corrected chi connectivity index (χ4v) is 4.18. The smallest absolute Gasteiger partial charge is 0.339 e. The Morgan fingerprint density at radius 3 is 2.27 bits per heavy atom. The summed E-state index contributed by atoms with van der Waals surface area (Å²) in [7, 11) is 7.35. The van der Waals surface area contributed by atoms with Gasteiger partial charge in [0.2, 0.25) is 0 Å². The number of ether oxygens (including phenoxy) is 2. The van der Waals surface area contributed by atoms with E-state index in [0.717, 1.165) is 36.0 Å². The summed E-state index contributed by atoms with van der Waals surface area (Å²) in [6.45, 7) is 6.88. The first kappa shape index (κ1) is 28.7. The molecule has 5 nitrogen and oxygen atoms in total. The molecule has 0 saturated heterocycles.